The zero-order valence-corrected chi connectivity index (χ0v) is 10.1. The molecular formula is C11H12F3N3O2. The first-order valence-corrected chi connectivity index (χ1v) is 5.66. The Morgan fingerprint density at radius 1 is 1.37 bits per heavy atom. The molecule has 0 aliphatic carbocycles. The van der Waals surface area contributed by atoms with Crippen molar-refractivity contribution in [1.29, 1.82) is 0 Å². The maximum atomic E-state index is 12.5. The predicted molar refractivity (Wildman–Crippen MR) is 59.2 cm³/mol. The van der Waals surface area contributed by atoms with Gasteiger partial charge in [-0.3, -0.25) is 9.59 Å². The van der Waals surface area contributed by atoms with Crippen LogP contribution in [0.1, 0.15) is 12.1 Å². The smallest absolute Gasteiger partial charge is 0.345 e. The first-order valence-electron chi connectivity index (χ1n) is 5.66. The van der Waals surface area contributed by atoms with E-state index in [1.807, 2.05) is 0 Å². The third-order valence-electron chi connectivity index (χ3n) is 3.01. The van der Waals surface area contributed by atoms with Gasteiger partial charge in [0.05, 0.1) is 0 Å². The summed E-state index contributed by atoms with van der Waals surface area (Å²) in [5.74, 6) is -0.267. The van der Waals surface area contributed by atoms with Crippen molar-refractivity contribution in [2.24, 2.45) is 5.92 Å². The summed E-state index contributed by atoms with van der Waals surface area (Å²) in [7, 11) is 1.62. The molecule has 1 saturated heterocycles. The van der Waals surface area contributed by atoms with Crippen molar-refractivity contribution in [3.05, 3.63) is 28.2 Å². The fourth-order valence-corrected chi connectivity index (χ4v) is 2.05. The molecule has 0 spiro atoms. The fraction of sp³-hybridized carbons (Fsp3) is 0.545. The van der Waals surface area contributed by atoms with Gasteiger partial charge in [0, 0.05) is 38.5 Å². The Balaban J connectivity index is 2.21. The Kier molecular flexibility index (Phi) is 3.34. The van der Waals surface area contributed by atoms with Crippen LogP contribution in [0.2, 0.25) is 0 Å². The van der Waals surface area contributed by atoms with Crippen molar-refractivity contribution < 1.29 is 18.0 Å². The van der Waals surface area contributed by atoms with E-state index >= 15 is 0 Å². The van der Waals surface area contributed by atoms with Gasteiger partial charge in [-0.1, -0.05) is 0 Å². The van der Waals surface area contributed by atoms with E-state index in [4.69, 9.17) is 0 Å². The number of carbonyl (C=O) groups excluding carboxylic acids is 1. The lowest BCUT2D eigenvalue weighted by Gasteiger charge is -2.13. The molecule has 0 N–H and O–H groups in total. The van der Waals surface area contributed by atoms with Crippen LogP contribution in [0.25, 0.3) is 0 Å². The van der Waals surface area contributed by atoms with E-state index in [9.17, 15) is 22.8 Å². The largest absolute Gasteiger partial charge is 0.435 e. The lowest BCUT2D eigenvalue weighted by molar-refractivity contribution is -0.142. The molecule has 1 atom stereocenters. The van der Waals surface area contributed by atoms with Gasteiger partial charge in [0.2, 0.25) is 5.91 Å². The average molecular weight is 275 g/mol. The molecule has 8 heteroatoms. The second-order valence-electron chi connectivity index (χ2n) is 4.58. The minimum atomic E-state index is -4.59. The van der Waals surface area contributed by atoms with Gasteiger partial charge in [-0.15, -0.1) is 0 Å². The Labute approximate surface area is 106 Å². The van der Waals surface area contributed by atoms with Crippen LogP contribution in [0.3, 0.4) is 0 Å². The summed E-state index contributed by atoms with van der Waals surface area (Å²) in [5.41, 5.74) is -1.71. The third-order valence-corrected chi connectivity index (χ3v) is 3.01. The molecule has 1 fully saturated rings. The minimum absolute atomic E-state index is 0.0127. The summed E-state index contributed by atoms with van der Waals surface area (Å²) in [5, 5.41) is 3.31. The maximum absolute atomic E-state index is 12.5. The second-order valence-corrected chi connectivity index (χ2v) is 4.58. The summed E-state index contributed by atoms with van der Waals surface area (Å²) in [6, 6.07) is 1.50. The number of alkyl halides is 3. The number of halogens is 3. The van der Waals surface area contributed by atoms with E-state index < -0.39 is 17.4 Å². The Morgan fingerprint density at radius 2 is 2.05 bits per heavy atom. The van der Waals surface area contributed by atoms with Crippen LogP contribution < -0.4 is 5.56 Å². The SMILES string of the molecule is CN1CC(Cn2nc(C(F)(F)F)ccc2=O)CC1=O. The molecule has 1 aromatic rings. The van der Waals surface area contributed by atoms with Crippen molar-refractivity contribution in [1.82, 2.24) is 14.7 Å². The molecule has 104 valence electrons. The highest BCUT2D eigenvalue weighted by Crippen LogP contribution is 2.26. The van der Waals surface area contributed by atoms with Gasteiger partial charge >= 0.3 is 6.18 Å². The standard InChI is InChI=1S/C11H12F3N3O2/c1-16-5-7(4-10(16)19)6-17-9(18)3-2-8(15-17)11(12,13)14/h2-3,7H,4-6H2,1H3. The normalized spacial score (nSPS) is 20.1. The molecule has 1 unspecified atom stereocenters. The molecule has 1 aromatic heterocycles. The summed E-state index contributed by atoms with van der Waals surface area (Å²) >= 11 is 0. The Bertz CT molecular complexity index is 553. The summed E-state index contributed by atoms with van der Waals surface area (Å²) in [4.78, 5) is 24.3. The maximum Gasteiger partial charge on any atom is 0.435 e. The van der Waals surface area contributed by atoms with Gasteiger partial charge in [0.25, 0.3) is 5.56 Å². The van der Waals surface area contributed by atoms with Crippen LogP contribution in [0, 0.1) is 5.92 Å². The second kappa shape index (κ2) is 4.67. The topological polar surface area (TPSA) is 55.2 Å². The van der Waals surface area contributed by atoms with E-state index in [0.717, 1.165) is 10.7 Å². The minimum Gasteiger partial charge on any atom is -0.345 e. The van der Waals surface area contributed by atoms with Crippen molar-refractivity contribution >= 4 is 5.91 Å². The number of carbonyl (C=O) groups is 1. The molecule has 2 rings (SSSR count). The monoisotopic (exact) mass is 275 g/mol. The Hall–Kier alpha value is -1.86. The number of likely N-dealkylation sites (tertiary alicyclic amines) is 1. The lowest BCUT2D eigenvalue weighted by Crippen LogP contribution is -2.29. The Morgan fingerprint density at radius 3 is 2.58 bits per heavy atom. The first kappa shape index (κ1) is 13.6. The molecule has 0 bridgehead atoms. The van der Waals surface area contributed by atoms with Crippen LogP contribution in [-0.2, 0) is 17.5 Å². The predicted octanol–water partition coefficient (Wildman–Crippen LogP) is 0.740. The van der Waals surface area contributed by atoms with Crippen LogP contribution in [0.5, 0.6) is 0 Å². The zero-order chi connectivity index (χ0) is 14.2. The summed E-state index contributed by atoms with van der Waals surface area (Å²) in [6.07, 6.45) is -4.36. The molecule has 5 nitrogen and oxygen atoms in total. The average Bonchev–Trinajstić information content (AvgIpc) is 2.59. The van der Waals surface area contributed by atoms with E-state index in [0.29, 0.717) is 12.6 Å². The van der Waals surface area contributed by atoms with Crippen molar-refractivity contribution in [3.63, 3.8) is 0 Å². The van der Waals surface area contributed by atoms with Crippen LogP contribution in [-0.4, -0.2) is 34.2 Å². The van der Waals surface area contributed by atoms with Crippen molar-refractivity contribution in [2.45, 2.75) is 19.1 Å². The molecule has 1 aliphatic rings. The molecule has 0 saturated carbocycles. The first-order chi connectivity index (χ1) is 8.77. The van der Waals surface area contributed by atoms with Gasteiger partial charge in [-0.05, 0) is 6.07 Å². The number of nitrogens with zero attached hydrogens (tertiary/aromatic N) is 3. The molecular weight excluding hydrogens is 263 g/mol. The molecule has 0 aromatic carbocycles. The quantitative estimate of drug-likeness (QED) is 0.800. The highest BCUT2D eigenvalue weighted by Gasteiger charge is 2.34. The van der Waals surface area contributed by atoms with E-state index in [1.54, 1.807) is 7.05 Å². The molecule has 2 heterocycles. The molecule has 0 radical (unpaired) electrons. The van der Waals surface area contributed by atoms with Gasteiger partial charge in [-0.2, -0.15) is 18.3 Å². The summed E-state index contributed by atoms with van der Waals surface area (Å²) < 4.78 is 38.3. The van der Waals surface area contributed by atoms with Gasteiger partial charge in [0.1, 0.15) is 0 Å². The number of amides is 1. The van der Waals surface area contributed by atoms with Crippen LogP contribution in [0.4, 0.5) is 13.2 Å². The highest BCUT2D eigenvalue weighted by molar-refractivity contribution is 5.78. The molecule has 19 heavy (non-hydrogen) atoms. The van der Waals surface area contributed by atoms with E-state index in [-0.39, 0.29) is 24.8 Å². The number of hydrogen-bond acceptors (Lipinski definition) is 3. The van der Waals surface area contributed by atoms with Crippen LogP contribution >= 0.6 is 0 Å². The number of hydrogen-bond donors (Lipinski definition) is 0. The lowest BCUT2D eigenvalue weighted by atomic mass is 10.1. The molecule has 1 amide bonds. The van der Waals surface area contributed by atoms with Gasteiger partial charge < -0.3 is 4.90 Å². The van der Waals surface area contributed by atoms with Crippen molar-refractivity contribution in [2.75, 3.05) is 13.6 Å². The zero-order valence-electron chi connectivity index (χ0n) is 10.1. The van der Waals surface area contributed by atoms with Gasteiger partial charge in [-0.25, -0.2) is 4.68 Å². The summed E-state index contributed by atoms with van der Waals surface area (Å²) in [6.45, 7) is 0.433. The fourth-order valence-electron chi connectivity index (χ4n) is 2.05. The number of aromatic nitrogens is 2. The third kappa shape index (κ3) is 2.94. The number of rotatable bonds is 2. The van der Waals surface area contributed by atoms with Crippen LogP contribution in [0.15, 0.2) is 16.9 Å². The van der Waals surface area contributed by atoms with Crippen molar-refractivity contribution in [3.8, 4) is 0 Å². The highest BCUT2D eigenvalue weighted by atomic mass is 19.4. The molecule has 1 aliphatic heterocycles. The van der Waals surface area contributed by atoms with E-state index in [1.165, 1.54) is 4.90 Å². The van der Waals surface area contributed by atoms with E-state index in [2.05, 4.69) is 5.10 Å². The van der Waals surface area contributed by atoms with Gasteiger partial charge in [0.15, 0.2) is 5.69 Å².